The van der Waals surface area contributed by atoms with Gasteiger partial charge in [0.05, 0.1) is 6.26 Å². The largest absolute Gasteiger partial charge is 0.459 e. The van der Waals surface area contributed by atoms with Gasteiger partial charge in [-0.25, -0.2) is 4.98 Å². The Labute approximate surface area is 164 Å². The summed E-state index contributed by atoms with van der Waals surface area (Å²) < 4.78 is 5.21. The number of nitrogens with zero attached hydrogens (tertiary/aromatic N) is 4. The van der Waals surface area contributed by atoms with Gasteiger partial charge in [-0.05, 0) is 37.1 Å². The number of likely N-dealkylation sites (tertiary alicyclic amines) is 1. The normalized spacial score (nSPS) is 18.1. The van der Waals surface area contributed by atoms with Crippen molar-refractivity contribution < 1.29 is 14.0 Å². The molecule has 28 heavy (non-hydrogen) atoms. The minimum atomic E-state index is -0.0808. The number of aromatic nitrogens is 1. The lowest BCUT2D eigenvalue weighted by Gasteiger charge is -2.35. The first kappa shape index (κ1) is 18.5. The van der Waals surface area contributed by atoms with Gasteiger partial charge < -0.3 is 19.1 Å². The van der Waals surface area contributed by atoms with E-state index in [1.54, 1.807) is 29.3 Å². The summed E-state index contributed by atoms with van der Waals surface area (Å²) >= 11 is 0. The molecule has 0 radical (unpaired) electrons. The number of amides is 2. The molecule has 0 unspecified atom stereocenters. The van der Waals surface area contributed by atoms with Gasteiger partial charge in [-0.1, -0.05) is 12.8 Å². The van der Waals surface area contributed by atoms with Crippen LogP contribution in [0, 0.1) is 0 Å². The van der Waals surface area contributed by atoms with E-state index in [9.17, 15) is 9.59 Å². The summed E-state index contributed by atoms with van der Waals surface area (Å²) in [7, 11) is 0. The molecular weight excluding hydrogens is 356 g/mol. The summed E-state index contributed by atoms with van der Waals surface area (Å²) in [5, 5.41) is 0. The highest BCUT2D eigenvalue weighted by molar-refractivity contribution is 5.95. The molecule has 2 amide bonds. The summed E-state index contributed by atoms with van der Waals surface area (Å²) in [5.74, 6) is 1.18. The van der Waals surface area contributed by atoms with Crippen molar-refractivity contribution in [3.8, 4) is 0 Å². The van der Waals surface area contributed by atoms with E-state index in [0.717, 1.165) is 31.7 Å². The van der Waals surface area contributed by atoms with Gasteiger partial charge in [0.2, 0.25) is 0 Å². The molecule has 0 atom stereocenters. The Balaban J connectivity index is 1.39. The first-order valence-corrected chi connectivity index (χ1v) is 10.1. The van der Waals surface area contributed by atoms with Crippen LogP contribution in [0.3, 0.4) is 0 Å². The number of hydrogen-bond acceptors (Lipinski definition) is 5. The first-order chi connectivity index (χ1) is 13.7. The van der Waals surface area contributed by atoms with E-state index in [4.69, 9.17) is 4.42 Å². The topological polar surface area (TPSA) is 69.9 Å². The van der Waals surface area contributed by atoms with Crippen LogP contribution in [0.1, 0.15) is 46.6 Å². The monoisotopic (exact) mass is 382 g/mol. The summed E-state index contributed by atoms with van der Waals surface area (Å²) in [6.07, 6.45) is 7.78. The Morgan fingerprint density at radius 2 is 1.57 bits per heavy atom. The van der Waals surface area contributed by atoms with Crippen molar-refractivity contribution >= 4 is 17.6 Å². The van der Waals surface area contributed by atoms with Crippen molar-refractivity contribution in [1.82, 2.24) is 14.8 Å². The van der Waals surface area contributed by atoms with Gasteiger partial charge in [-0.2, -0.15) is 0 Å². The predicted molar refractivity (Wildman–Crippen MR) is 105 cm³/mol. The smallest absolute Gasteiger partial charge is 0.289 e. The highest BCUT2D eigenvalue weighted by Crippen LogP contribution is 2.19. The van der Waals surface area contributed by atoms with Gasteiger partial charge in [0.15, 0.2) is 5.76 Å². The minimum Gasteiger partial charge on any atom is -0.459 e. The number of furan rings is 1. The van der Waals surface area contributed by atoms with Crippen molar-refractivity contribution in [2.75, 3.05) is 44.2 Å². The highest BCUT2D eigenvalue weighted by atomic mass is 16.3. The Morgan fingerprint density at radius 3 is 2.25 bits per heavy atom. The average molecular weight is 382 g/mol. The molecule has 2 aromatic rings. The van der Waals surface area contributed by atoms with Crippen molar-refractivity contribution in [2.45, 2.75) is 25.7 Å². The molecule has 7 nitrogen and oxygen atoms in total. The van der Waals surface area contributed by atoms with E-state index >= 15 is 0 Å². The molecule has 0 aromatic carbocycles. The van der Waals surface area contributed by atoms with Crippen LogP contribution in [0.25, 0.3) is 0 Å². The Kier molecular flexibility index (Phi) is 5.60. The molecule has 2 aliphatic rings. The van der Waals surface area contributed by atoms with Crippen LogP contribution in [-0.2, 0) is 0 Å². The lowest BCUT2D eigenvalue weighted by molar-refractivity contribution is 0.0714. The number of rotatable bonds is 3. The maximum absolute atomic E-state index is 12.9. The zero-order valence-electron chi connectivity index (χ0n) is 16.0. The molecule has 0 spiro atoms. The zero-order chi connectivity index (χ0) is 19.3. The molecule has 2 fully saturated rings. The third-order valence-electron chi connectivity index (χ3n) is 5.51. The van der Waals surface area contributed by atoms with Crippen LogP contribution in [0.2, 0.25) is 0 Å². The van der Waals surface area contributed by atoms with Crippen molar-refractivity contribution in [2.24, 2.45) is 0 Å². The SMILES string of the molecule is O=C(c1ccnc(N2CCN(C(=O)c3ccco3)CC2)c1)N1CCCCCC1. The second-order valence-corrected chi connectivity index (χ2v) is 7.37. The third-order valence-corrected chi connectivity index (χ3v) is 5.51. The van der Waals surface area contributed by atoms with Gasteiger partial charge in [0.25, 0.3) is 11.8 Å². The number of carbonyl (C=O) groups is 2. The number of carbonyl (C=O) groups excluding carboxylic acids is 2. The number of pyridine rings is 1. The minimum absolute atomic E-state index is 0.0808. The van der Waals surface area contributed by atoms with E-state index < -0.39 is 0 Å². The van der Waals surface area contributed by atoms with E-state index in [1.807, 2.05) is 11.0 Å². The number of piperazine rings is 1. The van der Waals surface area contributed by atoms with Crippen LogP contribution in [-0.4, -0.2) is 65.9 Å². The fourth-order valence-electron chi connectivity index (χ4n) is 3.88. The maximum atomic E-state index is 12.9. The maximum Gasteiger partial charge on any atom is 0.289 e. The van der Waals surface area contributed by atoms with Gasteiger partial charge in [-0.15, -0.1) is 0 Å². The fraction of sp³-hybridized carbons (Fsp3) is 0.476. The summed E-state index contributed by atoms with van der Waals surface area (Å²) in [5.41, 5.74) is 0.695. The van der Waals surface area contributed by atoms with Crippen LogP contribution in [0.15, 0.2) is 41.1 Å². The van der Waals surface area contributed by atoms with Gasteiger partial charge in [0, 0.05) is 51.0 Å². The second kappa shape index (κ2) is 8.46. The Bertz CT molecular complexity index is 805. The van der Waals surface area contributed by atoms with Crippen LogP contribution >= 0.6 is 0 Å². The lowest BCUT2D eigenvalue weighted by atomic mass is 10.2. The standard InChI is InChI=1S/C21H26N4O3/c26-20(24-9-3-1-2-4-10-24)17-7-8-22-19(16-17)23-11-13-25(14-12-23)21(27)18-6-5-15-28-18/h5-8,15-16H,1-4,9-14H2. The predicted octanol–water partition coefficient (Wildman–Crippen LogP) is 2.65. The molecule has 148 valence electrons. The average Bonchev–Trinajstić information content (AvgIpc) is 3.15. The van der Waals surface area contributed by atoms with E-state index in [1.165, 1.54) is 19.1 Å². The zero-order valence-corrected chi connectivity index (χ0v) is 16.0. The van der Waals surface area contributed by atoms with Crippen molar-refractivity contribution in [3.63, 3.8) is 0 Å². The van der Waals surface area contributed by atoms with E-state index in [0.29, 0.717) is 37.5 Å². The quantitative estimate of drug-likeness (QED) is 0.816. The second-order valence-electron chi connectivity index (χ2n) is 7.37. The third kappa shape index (κ3) is 4.03. The lowest BCUT2D eigenvalue weighted by Crippen LogP contribution is -2.49. The molecule has 4 heterocycles. The summed E-state index contributed by atoms with van der Waals surface area (Å²) in [6, 6.07) is 7.10. The van der Waals surface area contributed by atoms with E-state index in [-0.39, 0.29) is 11.8 Å². The number of anilines is 1. The van der Waals surface area contributed by atoms with Crippen LogP contribution in [0.5, 0.6) is 0 Å². The summed E-state index contributed by atoms with van der Waals surface area (Å²) in [6.45, 7) is 4.24. The molecule has 2 saturated heterocycles. The molecule has 0 N–H and O–H groups in total. The first-order valence-electron chi connectivity index (χ1n) is 10.1. The molecule has 2 aromatic heterocycles. The van der Waals surface area contributed by atoms with Gasteiger partial charge >= 0.3 is 0 Å². The number of hydrogen-bond donors (Lipinski definition) is 0. The molecular formula is C21H26N4O3. The van der Waals surface area contributed by atoms with Crippen molar-refractivity contribution in [3.05, 3.63) is 48.0 Å². The van der Waals surface area contributed by atoms with Gasteiger partial charge in [0.1, 0.15) is 5.82 Å². The van der Waals surface area contributed by atoms with Crippen LogP contribution in [0.4, 0.5) is 5.82 Å². The molecule has 2 aliphatic heterocycles. The highest BCUT2D eigenvalue weighted by Gasteiger charge is 2.25. The molecule has 0 bridgehead atoms. The van der Waals surface area contributed by atoms with Gasteiger partial charge in [-0.3, -0.25) is 9.59 Å². The molecule has 0 saturated carbocycles. The molecule has 0 aliphatic carbocycles. The Morgan fingerprint density at radius 1 is 0.857 bits per heavy atom. The van der Waals surface area contributed by atoms with Crippen molar-refractivity contribution in [1.29, 1.82) is 0 Å². The fourth-order valence-corrected chi connectivity index (χ4v) is 3.88. The van der Waals surface area contributed by atoms with E-state index in [2.05, 4.69) is 9.88 Å². The molecule has 4 rings (SSSR count). The Hall–Kier alpha value is -2.83. The van der Waals surface area contributed by atoms with Crippen LogP contribution < -0.4 is 4.90 Å². The summed E-state index contributed by atoms with van der Waals surface area (Å²) in [4.78, 5) is 35.6. The molecule has 7 heteroatoms.